The van der Waals surface area contributed by atoms with Crippen LogP contribution >= 0.6 is 11.8 Å². The number of carbonyl (C=O) groups is 1. The molecule has 2 aliphatic rings. The summed E-state index contributed by atoms with van der Waals surface area (Å²) in [5.41, 5.74) is 3.75. The second-order valence-corrected chi connectivity index (χ2v) is 13.1. The molecule has 6 nitrogen and oxygen atoms in total. The number of amides is 1. The first-order chi connectivity index (χ1) is 17.9. The zero-order valence-corrected chi connectivity index (χ0v) is 23.2. The summed E-state index contributed by atoms with van der Waals surface area (Å²) in [6.07, 6.45) is 5.29. The number of piperidine rings is 1. The molecule has 2 aliphatic heterocycles. The number of anilines is 1. The van der Waals surface area contributed by atoms with Gasteiger partial charge in [-0.25, -0.2) is 4.79 Å². The zero-order valence-electron chi connectivity index (χ0n) is 22.4. The van der Waals surface area contributed by atoms with Crippen LogP contribution in [0.4, 0.5) is 10.5 Å². The molecule has 7 heteroatoms. The van der Waals surface area contributed by atoms with Crippen molar-refractivity contribution in [2.75, 3.05) is 44.2 Å². The van der Waals surface area contributed by atoms with Gasteiger partial charge >= 0.3 is 6.09 Å². The number of ether oxygens (including phenoxy) is 1. The number of H-pyrrole nitrogens is 1. The Morgan fingerprint density at radius 2 is 1.81 bits per heavy atom. The molecule has 1 amide bonds. The van der Waals surface area contributed by atoms with Crippen LogP contribution in [0.2, 0.25) is 0 Å². The van der Waals surface area contributed by atoms with Crippen LogP contribution in [0.3, 0.4) is 0 Å². The molecule has 0 radical (unpaired) electrons. The molecular weight excluding hydrogens is 480 g/mol. The van der Waals surface area contributed by atoms with Gasteiger partial charge in [0.2, 0.25) is 0 Å². The van der Waals surface area contributed by atoms with E-state index in [1.165, 1.54) is 34.4 Å². The first kappa shape index (κ1) is 26.0. The van der Waals surface area contributed by atoms with Crippen molar-refractivity contribution in [1.82, 2.24) is 14.8 Å². The van der Waals surface area contributed by atoms with Crippen molar-refractivity contribution in [3.63, 3.8) is 0 Å². The minimum atomic E-state index is -0.172. The Bertz CT molecular complexity index is 1200. The summed E-state index contributed by atoms with van der Waals surface area (Å²) >= 11 is 1.93. The molecule has 0 saturated carbocycles. The number of aromatic amines is 1. The summed E-state index contributed by atoms with van der Waals surface area (Å²) in [4.78, 5) is 24.4. The van der Waals surface area contributed by atoms with E-state index >= 15 is 0 Å². The van der Waals surface area contributed by atoms with Crippen molar-refractivity contribution in [3.8, 4) is 0 Å². The highest BCUT2D eigenvalue weighted by atomic mass is 32.2. The molecule has 1 N–H and O–H groups in total. The van der Waals surface area contributed by atoms with Crippen LogP contribution in [0.1, 0.15) is 45.6 Å². The molecule has 1 atom stereocenters. The van der Waals surface area contributed by atoms with Gasteiger partial charge in [-0.2, -0.15) is 0 Å². The van der Waals surface area contributed by atoms with E-state index in [-0.39, 0.29) is 16.9 Å². The lowest BCUT2D eigenvalue weighted by Gasteiger charge is -2.38. The third kappa shape index (κ3) is 6.44. The van der Waals surface area contributed by atoms with Crippen molar-refractivity contribution in [2.45, 2.75) is 62.3 Å². The van der Waals surface area contributed by atoms with Crippen molar-refractivity contribution < 1.29 is 9.53 Å². The lowest BCUT2D eigenvalue weighted by molar-refractivity contribution is 0.0453. The number of aromatic nitrogens is 1. The van der Waals surface area contributed by atoms with E-state index in [0.29, 0.717) is 19.7 Å². The summed E-state index contributed by atoms with van der Waals surface area (Å²) in [7, 11) is 0. The van der Waals surface area contributed by atoms with E-state index in [2.05, 4.69) is 84.1 Å². The van der Waals surface area contributed by atoms with Gasteiger partial charge in [-0.05, 0) is 49.2 Å². The molecule has 37 heavy (non-hydrogen) atoms. The minimum Gasteiger partial charge on any atom is -0.448 e. The van der Waals surface area contributed by atoms with Gasteiger partial charge in [-0.15, -0.1) is 11.8 Å². The molecule has 0 bridgehead atoms. The third-order valence-electron chi connectivity index (χ3n) is 7.36. The molecular formula is C30H40N4O2S. The minimum absolute atomic E-state index is 0.172. The van der Waals surface area contributed by atoms with Crippen molar-refractivity contribution in [3.05, 3.63) is 60.3 Å². The van der Waals surface area contributed by atoms with E-state index in [1.807, 2.05) is 22.9 Å². The van der Waals surface area contributed by atoms with Gasteiger partial charge < -0.3 is 19.5 Å². The first-order valence-electron chi connectivity index (χ1n) is 13.6. The van der Waals surface area contributed by atoms with Crippen LogP contribution in [0.25, 0.3) is 10.9 Å². The number of nitrogens with one attached hydrogen (secondary N) is 1. The second-order valence-electron chi connectivity index (χ2n) is 11.2. The van der Waals surface area contributed by atoms with E-state index in [1.54, 1.807) is 0 Å². The predicted molar refractivity (Wildman–Crippen MR) is 154 cm³/mol. The average Bonchev–Trinajstić information content (AvgIpc) is 3.38. The number of carbonyl (C=O) groups excluding carboxylic acids is 1. The summed E-state index contributed by atoms with van der Waals surface area (Å²) in [6.45, 7) is 12.2. The fraction of sp³-hybridized carbons (Fsp3) is 0.500. The Hall–Kier alpha value is -2.64. The normalized spacial score (nSPS) is 19.4. The number of fused-ring (bicyclic) bond motifs is 1. The molecule has 2 fully saturated rings. The van der Waals surface area contributed by atoms with Crippen LogP contribution in [0, 0.1) is 0 Å². The Balaban J connectivity index is 1.15. The molecule has 1 aromatic heterocycles. The van der Waals surface area contributed by atoms with Gasteiger partial charge in [0.05, 0.1) is 0 Å². The summed E-state index contributed by atoms with van der Waals surface area (Å²) in [5, 5.41) is 1.23. The van der Waals surface area contributed by atoms with Gasteiger partial charge in [0.1, 0.15) is 6.61 Å². The maximum Gasteiger partial charge on any atom is 0.409 e. The average molecular weight is 521 g/mol. The van der Waals surface area contributed by atoms with Gasteiger partial charge in [-0.1, -0.05) is 51.5 Å². The second kappa shape index (κ2) is 11.4. The summed E-state index contributed by atoms with van der Waals surface area (Å²) in [6, 6.07) is 17.5. The fourth-order valence-corrected chi connectivity index (χ4v) is 6.54. The molecule has 3 aromatic rings. The van der Waals surface area contributed by atoms with Crippen LogP contribution in [-0.2, 0) is 11.3 Å². The SMILES string of the molecule is CC(C)(C)Sc1ccccc1CN1CCCCC1COC(=O)N1CCN(c2cccc3[nH]ccc23)CC1. The number of piperazine rings is 1. The standard InChI is InChI=1S/C30H40N4O2S/c1-30(2,3)37-28-13-5-4-9-23(28)21-34-16-7-6-10-24(34)22-36-29(35)33-19-17-32(18-20-33)27-12-8-11-26-25(27)14-15-31-26/h4-5,8-9,11-15,24,31H,6-7,10,16-22H2,1-3H3. The molecule has 5 rings (SSSR count). The number of thioether (sulfide) groups is 1. The number of hydrogen-bond donors (Lipinski definition) is 1. The smallest absolute Gasteiger partial charge is 0.409 e. The highest BCUT2D eigenvalue weighted by Gasteiger charge is 2.28. The maximum atomic E-state index is 13.0. The zero-order chi connectivity index (χ0) is 25.8. The van der Waals surface area contributed by atoms with Crippen LogP contribution in [-0.4, -0.2) is 71.0 Å². The number of likely N-dealkylation sites (tertiary alicyclic amines) is 1. The van der Waals surface area contributed by atoms with Crippen molar-refractivity contribution in [2.24, 2.45) is 0 Å². The number of rotatable bonds is 6. The lowest BCUT2D eigenvalue weighted by atomic mass is 10.0. The molecule has 3 heterocycles. The van der Waals surface area contributed by atoms with Crippen LogP contribution < -0.4 is 4.90 Å². The van der Waals surface area contributed by atoms with Crippen molar-refractivity contribution >= 4 is 34.4 Å². The lowest BCUT2D eigenvalue weighted by Crippen LogP contribution is -2.50. The van der Waals surface area contributed by atoms with Crippen LogP contribution in [0.15, 0.2) is 59.6 Å². The number of hydrogen-bond acceptors (Lipinski definition) is 5. The van der Waals surface area contributed by atoms with Gasteiger partial charge in [0.15, 0.2) is 0 Å². The van der Waals surface area contributed by atoms with Gasteiger partial charge in [-0.3, -0.25) is 4.90 Å². The molecule has 198 valence electrons. The van der Waals surface area contributed by atoms with E-state index < -0.39 is 0 Å². The largest absolute Gasteiger partial charge is 0.448 e. The van der Waals surface area contributed by atoms with E-state index in [0.717, 1.165) is 38.1 Å². The monoisotopic (exact) mass is 520 g/mol. The number of nitrogens with zero attached hydrogens (tertiary/aromatic N) is 3. The number of benzene rings is 2. The van der Waals surface area contributed by atoms with Gasteiger partial charge in [0.25, 0.3) is 0 Å². The Labute approximate surface area is 225 Å². The summed E-state index contributed by atoms with van der Waals surface area (Å²) in [5.74, 6) is 0. The Morgan fingerprint density at radius 1 is 1.00 bits per heavy atom. The topological polar surface area (TPSA) is 51.8 Å². The first-order valence-corrected chi connectivity index (χ1v) is 14.4. The van der Waals surface area contributed by atoms with Crippen molar-refractivity contribution in [1.29, 1.82) is 0 Å². The quantitative estimate of drug-likeness (QED) is 0.383. The third-order valence-corrected chi connectivity index (χ3v) is 8.59. The molecule has 1 unspecified atom stereocenters. The fourth-order valence-electron chi connectivity index (χ4n) is 5.47. The Kier molecular flexibility index (Phi) is 8.01. The van der Waals surface area contributed by atoms with E-state index in [9.17, 15) is 4.79 Å². The maximum absolute atomic E-state index is 13.0. The predicted octanol–water partition coefficient (Wildman–Crippen LogP) is 6.37. The summed E-state index contributed by atoms with van der Waals surface area (Å²) < 4.78 is 6.09. The molecule has 2 saturated heterocycles. The molecule has 0 aliphatic carbocycles. The Morgan fingerprint density at radius 3 is 2.62 bits per heavy atom. The highest BCUT2D eigenvalue weighted by Crippen LogP contribution is 2.35. The molecule has 0 spiro atoms. The molecule has 2 aromatic carbocycles. The highest BCUT2D eigenvalue weighted by molar-refractivity contribution is 8.00. The van der Waals surface area contributed by atoms with Crippen LogP contribution in [0.5, 0.6) is 0 Å². The van der Waals surface area contributed by atoms with E-state index in [4.69, 9.17) is 4.74 Å². The van der Waals surface area contributed by atoms with Gasteiger partial charge in [0, 0.05) is 71.2 Å².